The molecule has 0 radical (unpaired) electrons. The van der Waals surface area contributed by atoms with E-state index < -0.39 is 5.63 Å². The molecule has 1 aliphatic heterocycles. The van der Waals surface area contributed by atoms with Crippen molar-refractivity contribution >= 4 is 28.0 Å². The number of ketones is 1. The Hall–Kier alpha value is -3.34. The van der Waals surface area contributed by atoms with Crippen molar-refractivity contribution in [3.8, 4) is 5.75 Å². The van der Waals surface area contributed by atoms with Crippen molar-refractivity contribution in [2.75, 3.05) is 19.1 Å². The molecule has 2 heterocycles. The van der Waals surface area contributed by atoms with Crippen LogP contribution in [-0.2, 0) is 0 Å². The minimum atomic E-state index is -0.636. The predicted molar refractivity (Wildman–Crippen MR) is 115 cm³/mol. The molecule has 4 rings (SSSR count). The first-order valence-corrected chi connectivity index (χ1v) is 9.45. The van der Waals surface area contributed by atoms with Crippen LogP contribution in [-0.4, -0.2) is 25.5 Å². The molecule has 0 atom stereocenters. The predicted octanol–water partition coefficient (Wildman–Crippen LogP) is 4.66. The van der Waals surface area contributed by atoms with Gasteiger partial charge in [0.05, 0.1) is 12.6 Å². The molecule has 148 valence electrons. The molecule has 2 aromatic carbocycles. The fourth-order valence-corrected chi connectivity index (χ4v) is 3.82. The lowest BCUT2D eigenvalue weighted by molar-refractivity contribution is 0.103. The van der Waals surface area contributed by atoms with Crippen LogP contribution in [0.15, 0.2) is 57.8 Å². The zero-order chi connectivity index (χ0) is 20.9. The lowest BCUT2D eigenvalue weighted by Crippen LogP contribution is -2.42. The van der Waals surface area contributed by atoms with Crippen LogP contribution in [0.4, 0.5) is 5.69 Å². The Morgan fingerprint density at radius 2 is 1.79 bits per heavy atom. The second-order valence-electron chi connectivity index (χ2n) is 7.95. The molecule has 0 bridgehead atoms. The number of hydrogen-bond donors (Lipinski definition) is 0. The fourth-order valence-electron chi connectivity index (χ4n) is 3.82. The third-order valence-electron chi connectivity index (χ3n) is 5.67. The van der Waals surface area contributed by atoms with E-state index in [9.17, 15) is 9.59 Å². The Bertz CT molecular complexity index is 1220. The van der Waals surface area contributed by atoms with Crippen LogP contribution in [0.1, 0.15) is 42.3 Å². The van der Waals surface area contributed by atoms with Gasteiger partial charge < -0.3 is 14.1 Å². The normalized spacial score (nSPS) is 15.1. The average molecular weight is 389 g/mol. The van der Waals surface area contributed by atoms with Crippen LogP contribution in [0, 0.1) is 0 Å². The second kappa shape index (κ2) is 6.62. The van der Waals surface area contributed by atoms with Gasteiger partial charge in [0, 0.05) is 35.3 Å². The van der Waals surface area contributed by atoms with Gasteiger partial charge in [-0.15, -0.1) is 0 Å². The summed E-state index contributed by atoms with van der Waals surface area (Å²) in [7, 11) is 3.58. The van der Waals surface area contributed by atoms with Gasteiger partial charge in [0.15, 0.2) is 5.78 Å². The van der Waals surface area contributed by atoms with Gasteiger partial charge >= 0.3 is 5.63 Å². The number of hydrogen-bond acceptors (Lipinski definition) is 5. The Kier molecular flexibility index (Phi) is 4.34. The van der Waals surface area contributed by atoms with E-state index in [0.29, 0.717) is 16.9 Å². The van der Waals surface area contributed by atoms with Crippen molar-refractivity contribution in [2.45, 2.75) is 26.3 Å². The first-order valence-electron chi connectivity index (χ1n) is 9.45. The molecule has 5 heteroatoms. The molecule has 0 fully saturated rings. The number of allylic oxidation sites excluding steroid dienone is 1. The molecule has 29 heavy (non-hydrogen) atoms. The molecule has 1 aromatic heterocycles. The van der Waals surface area contributed by atoms with E-state index >= 15 is 0 Å². The van der Waals surface area contributed by atoms with Crippen LogP contribution < -0.4 is 15.3 Å². The Morgan fingerprint density at radius 3 is 2.45 bits per heavy atom. The number of rotatable bonds is 3. The summed E-state index contributed by atoms with van der Waals surface area (Å²) in [6.07, 6.45) is 2.21. The summed E-state index contributed by atoms with van der Waals surface area (Å²) in [6, 6.07) is 12.2. The first kappa shape index (κ1) is 19.0. The number of carbonyl (C=O) groups excluding carboxylic acids is 1. The molecule has 0 aliphatic carbocycles. The van der Waals surface area contributed by atoms with Gasteiger partial charge in [-0.25, -0.2) is 4.79 Å². The molecule has 0 saturated carbocycles. The maximum Gasteiger partial charge on any atom is 0.347 e. The van der Waals surface area contributed by atoms with Crippen molar-refractivity contribution in [3.05, 3.63) is 75.7 Å². The van der Waals surface area contributed by atoms with E-state index in [4.69, 9.17) is 9.15 Å². The van der Waals surface area contributed by atoms with Crippen molar-refractivity contribution in [1.29, 1.82) is 0 Å². The summed E-state index contributed by atoms with van der Waals surface area (Å²) >= 11 is 0. The molecule has 3 aromatic rings. The fraction of sp³-hybridized carbons (Fsp3) is 0.250. The maximum absolute atomic E-state index is 12.9. The van der Waals surface area contributed by atoms with Crippen LogP contribution in [0.5, 0.6) is 5.75 Å². The number of likely N-dealkylation sites (N-methyl/N-ethyl adjacent to an activating group) is 1. The molecular formula is C24H23NO4. The Balaban J connectivity index is 1.84. The summed E-state index contributed by atoms with van der Waals surface area (Å²) in [4.78, 5) is 27.6. The molecule has 0 spiro atoms. The zero-order valence-electron chi connectivity index (χ0n) is 17.2. The monoisotopic (exact) mass is 389 g/mol. The summed E-state index contributed by atoms with van der Waals surface area (Å²) in [6.45, 7) is 6.34. The molecule has 0 saturated heterocycles. The molecule has 1 aliphatic rings. The van der Waals surface area contributed by atoms with Crippen molar-refractivity contribution < 1.29 is 13.9 Å². The van der Waals surface area contributed by atoms with Crippen molar-refractivity contribution in [3.63, 3.8) is 0 Å². The van der Waals surface area contributed by atoms with Crippen LogP contribution in [0.25, 0.3) is 16.5 Å². The lowest BCUT2D eigenvalue weighted by atomic mass is 9.88. The van der Waals surface area contributed by atoms with Gasteiger partial charge in [0.25, 0.3) is 0 Å². The number of ether oxygens (including phenoxy) is 1. The van der Waals surface area contributed by atoms with E-state index in [0.717, 1.165) is 22.2 Å². The van der Waals surface area contributed by atoms with Gasteiger partial charge in [-0.1, -0.05) is 6.08 Å². The third kappa shape index (κ3) is 3.12. The van der Waals surface area contributed by atoms with Gasteiger partial charge in [0.2, 0.25) is 0 Å². The smallest absolute Gasteiger partial charge is 0.347 e. The largest absolute Gasteiger partial charge is 0.497 e. The number of carbonyl (C=O) groups is 1. The molecule has 0 N–H and O–H groups in total. The van der Waals surface area contributed by atoms with Gasteiger partial charge in [-0.05, 0) is 62.7 Å². The summed E-state index contributed by atoms with van der Waals surface area (Å²) < 4.78 is 10.7. The SMILES string of the molecule is COc1ccc(C(=O)c2cc3cc4c(cc3oc2=O)N(C)C(C)(C)C=C4C)cc1. The number of nitrogens with zero attached hydrogens (tertiary/aromatic N) is 1. The van der Waals surface area contributed by atoms with Gasteiger partial charge in [0.1, 0.15) is 16.9 Å². The maximum atomic E-state index is 12.9. The van der Waals surface area contributed by atoms with E-state index in [1.807, 2.05) is 19.2 Å². The number of benzene rings is 2. The van der Waals surface area contributed by atoms with E-state index in [-0.39, 0.29) is 16.9 Å². The van der Waals surface area contributed by atoms with Crippen molar-refractivity contribution in [2.24, 2.45) is 0 Å². The highest BCUT2D eigenvalue weighted by Gasteiger charge is 2.29. The quantitative estimate of drug-likeness (QED) is 0.481. The Labute approximate surface area is 169 Å². The van der Waals surface area contributed by atoms with Gasteiger partial charge in [-0.2, -0.15) is 0 Å². The van der Waals surface area contributed by atoms with Crippen LogP contribution in [0.3, 0.4) is 0 Å². The minimum absolute atomic E-state index is 0.0220. The van der Waals surface area contributed by atoms with Crippen molar-refractivity contribution in [1.82, 2.24) is 0 Å². The summed E-state index contributed by atoms with van der Waals surface area (Å²) in [5.74, 6) is 0.277. The van der Waals surface area contributed by atoms with Crippen LogP contribution in [0.2, 0.25) is 0 Å². The minimum Gasteiger partial charge on any atom is -0.497 e. The number of fused-ring (bicyclic) bond motifs is 2. The average Bonchev–Trinajstić information content (AvgIpc) is 2.70. The van der Waals surface area contributed by atoms with E-state index in [1.54, 1.807) is 37.4 Å². The van der Waals surface area contributed by atoms with E-state index in [2.05, 4.69) is 31.7 Å². The highest BCUT2D eigenvalue weighted by molar-refractivity contribution is 6.10. The highest BCUT2D eigenvalue weighted by atomic mass is 16.5. The second-order valence-corrected chi connectivity index (χ2v) is 7.95. The summed E-state index contributed by atoms with van der Waals surface area (Å²) in [5, 5.41) is 0.723. The van der Waals surface area contributed by atoms with E-state index in [1.165, 1.54) is 0 Å². The lowest BCUT2D eigenvalue weighted by Gasteiger charge is -2.40. The highest BCUT2D eigenvalue weighted by Crippen LogP contribution is 2.39. The zero-order valence-corrected chi connectivity index (χ0v) is 17.2. The Morgan fingerprint density at radius 1 is 1.10 bits per heavy atom. The molecular weight excluding hydrogens is 366 g/mol. The standard InChI is InChI=1S/C24H23NO4/c1-14-13-24(2,3)25(4)20-12-21-16(10-18(14)20)11-19(23(27)29-21)22(26)15-6-8-17(28-5)9-7-15/h6-13H,1-5H3. The van der Waals surface area contributed by atoms with Crippen LogP contribution >= 0.6 is 0 Å². The third-order valence-corrected chi connectivity index (χ3v) is 5.67. The summed E-state index contributed by atoms with van der Waals surface area (Å²) in [5.41, 5.74) is 3.34. The number of methoxy groups -OCH3 is 1. The topological polar surface area (TPSA) is 59.8 Å². The molecule has 0 unspecified atom stereocenters. The molecule has 5 nitrogen and oxygen atoms in total. The van der Waals surface area contributed by atoms with Gasteiger partial charge in [-0.3, -0.25) is 4.79 Å². The number of anilines is 1. The molecule has 0 amide bonds. The first-order chi connectivity index (χ1) is 13.7.